The number of carbonyl (C=O) groups is 1. The van der Waals surface area contributed by atoms with E-state index in [2.05, 4.69) is 28.9 Å². The van der Waals surface area contributed by atoms with E-state index in [1.54, 1.807) is 0 Å². The maximum atomic E-state index is 11.5. The Morgan fingerprint density at radius 3 is 2.30 bits per heavy atom. The van der Waals surface area contributed by atoms with Gasteiger partial charge in [0, 0.05) is 24.3 Å². The lowest BCUT2D eigenvalue weighted by atomic mass is 9.81. The van der Waals surface area contributed by atoms with Gasteiger partial charge in [-0.3, -0.25) is 4.79 Å². The van der Waals surface area contributed by atoms with Crippen molar-refractivity contribution in [2.24, 2.45) is 11.8 Å². The van der Waals surface area contributed by atoms with E-state index < -0.39 is 6.29 Å². The van der Waals surface area contributed by atoms with Crippen molar-refractivity contribution in [3.05, 3.63) is 11.8 Å². The zero-order valence-corrected chi connectivity index (χ0v) is 21.3. The van der Waals surface area contributed by atoms with Gasteiger partial charge in [-0.25, -0.2) is 0 Å². The number of ether oxygens (including phenoxy) is 3. The number of aliphatic hydroxyl groups excluding tert-OH is 1. The number of allylic oxidation sites excluding steroid dienone is 2. The zero-order chi connectivity index (χ0) is 22.6. The lowest BCUT2D eigenvalue weighted by Gasteiger charge is -2.29. The standard InChI is InChI=1S/C24H45BrO5/c1-5-20(14-11-9-10-12-18-25)21(16-17-24(27)29-8-4)22(6-2)30-19-13-15-23(26)28-7-3/h6,20-21,24,27H,5,7-19H2,1-4H3/b22-6+. The molecule has 0 spiro atoms. The monoisotopic (exact) mass is 492 g/mol. The molecule has 0 aromatic rings. The van der Waals surface area contributed by atoms with Gasteiger partial charge in [0.15, 0.2) is 6.29 Å². The number of alkyl halides is 1. The van der Waals surface area contributed by atoms with Crippen LogP contribution in [0.4, 0.5) is 0 Å². The highest BCUT2D eigenvalue weighted by Crippen LogP contribution is 2.33. The minimum Gasteiger partial charge on any atom is -0.498 e. The van der Waals surface area contributed by atoms with Crippen molar-refractivity contribution in [2.75, 3.05) is 25.2 Å². The highest BCUT2D eigenvalue weighted by Gasteiger charge is 2.25. The third-order valence-electron chi connectivity index (χ3n) is 5.38. The molecule has 0 aliphatic heterocycles. The molecule has 0 bridgehead atoms. The molecule has 0 saturated heterocycles. The van der Waals surface area contributed by atoms with Gasteiger partial charge in [-0.15, -0.1) is 0 Å². The summed E-state index contributed by atoms with van der Waals surface area (Å²) in [5.41, 5.74) is 0. The second kappa shape index (κ2) is 20.3. The Morgan fingerprint density at radius 1 is 0.967 bits per heavy atom. The third kappa shape index (κ3) is 14.4. The summed E-state index contributed by atoms with van der Waals surface area (Å²) in [4.78, 5) is 11.5. The lowest BCUT2D eigenvalue weighted by molar-refractivity contribution is -0.143. The predicted octanol–water partition coefficient (Wildman–Crippen LogP) is 6.37. The number of halogens is 1. The fourth-order valence-electron chi connectivity index (χ4n) is 3.80. The first kappa shape index (κ1) is 29.4. The summed E-state index contributed by atoms with van der Waals surface area (Å²) in [6, 6.07) is 0. The van der Waals surface area contributed by atoms with Gasteiger partial charge in [-0.05, 0) is 64.9 Å². The number of esters is 1. The molecule has 0 amide bonds. The molecule has 0 aromatic carbocycles. The van der Waals surface area contributed by atoms with Gasteiger partial charge in [-0.2, -0.15) is 0 Å². The maximum Gasteiger partial charge on any atom is 0.305 e. The van der Waals surface area contributed by atoms with Crippen molar-refractivity contribution in [3.63, 3.8) is 0 Å². The molecule has 0 rings (SSSR count). The Balaban J connectivity index is 4.87. The van der Waals surface area contributed by atoms with E-state index in [-0.39, 0.29) is 11.9 Å². The van der Waals surface area contributed by atoms with Crippen molar-refractivity contribution in [2.45, 2.75) is 98.2 Å². The summed E-state index contributed by atoms with van der Waals surface area (Å²) >= 11 is 3.50. The smallest absolute Gasteiger partial charge is 0.305 e. The van der Waals surface area contributed by atoms with E-state index in [0.29, 0.717) is 45.0 Å². The van der Waals surface area contributed by atoms with Gasteiger partial charge in [0.2, 0.25) is 0 Å². The quantitative estimate of drug-likeness (QED) is 0.0702. The molecule has 0 radical (unpaired) electrons. The van der Waals surface area contributed by atoms with Crippen LogP contribution in [-0.4, -0.2) is 42.5 Å². The number of hydrogen-bond donors (Lipinski definition) is 1. The Kier molecular flexibility index (Phi) is 19.9. The molecule has 3 atom stereocenters. The lowest BCUT2D eigenvalue weighted by Crippen LogP contribution is -2.22. The van der Waals surface area contributed by atoms with E-state index in [0.717, 1.165) is 30.4 Å². The summed E-state index contributed by atoms with van der Waals surface area (Å²) < 4.78 is 16.4. The van der Waals surface area contributed by atoms with Crippen LogP contribution in [0.25, 0.3) is 0 Å². The third-order valence-corrected chi connectivity index (χ3v) is 5.95. The average molecular weight is 494 g/mol. The van der Waals surface area contributed by atoms with Crippen LogP contribution < -0.4 is 0 Å². The first-order chi connectivity index (χ1) is 14.5. The molecule has 0 fully saturated rings. The SMILES string of the molecule is C/C=C(/OCCCC(=O)OCC)C(CCC(O)OCC)C(CC)CCCCCCBr. The first-order valence-electron chi connectivity index (χ1n) is 11.8. The minimum absolute atomic E-state index is 0.172. The fraction of sp³-hybridized carbons (Fsp3) is 0.875. The molecule has 6 heteroatoms. The van der Waals surface area contributed by atoms with Crippen LogP contribution in [0.5, 0.6) is 0 Å². The Hall–Kier alpha value is -0.590. The fourth-order valence-corrected chi connectivity index (χ4v) is 4.19. The summed E-state index contributed by atoms with van der Waals surface area (Å²) in [5, 5.41) is 11.1. The summed E-state index contributed by atoms with van der Waals surface area (Å²) in [7, 11) is 0. The molecule has 30 heavy (non-hydrogen) atoms. The highest BCUT2D eigenvalue weighted by atomic mass is 79.9. The van der Waals surface area contributed by atoms with Gasteiger partial charge in [0.25, 0.3) is 0 Å². The Labute approximate surface area is 193 Å². The number of hydrogen-bond acceptors (Lipinski definition) is 5. The molecule has 178 valence electrons. The molecule has 0 saturated carbocycles. The Morgan fingerprint density at radius 2 is 1.70 bits per heavy atom. The van der Waals surface area contributed by atoms with Crippen LogP contribution in [0.3, 0.4) is 0 Å². The molecule has 0 aliphatic carbocycles. The van der Waals surface area contributed by atoms with E-state index in [1.807, 2.05) is 20.8 Å². The number of rotatable bonds is 20. The minimum atomic E-state index is -0.726. The van der Waals surface area contributed by atoms with E-state index in [9.17, 15) is 9.90 Å². The summed E-state index contributed by atoms with van der Waals surface area (Å²) in [6.45, 7) is 9.39. The van der Waals surface area contributed by atoms with Gasteiger partial charge < -0.3 is 19.3 Å². The van der Waals surface area contributed by atoms with Crippen LogP contribution in [0.1, 0.15) is 91.9 Å². The molecule has 0 aromatic heterocycles. The van der Waals surface area contributed by atoms with Gasteiger partial charge in [0.1, 0.15) is 0 Å². The molecular formula is C24H45BrO5. The highest BCUT2D eigenvalue weighted by molar-refractivity contribution is 9.09. The van der Waals surface area contributed by atoms with Crippen molar-refractivity contribution in [1.82, 2.24) is 0 Å². The van der Waals surface area contributed by atoms with Crippen LogP contribution in [-0.2, 0) is 19.0 Å². The van der Waals surface area contributed by atoms with Crippen molar-refractivity contribution < 1.29 is 24.1 Å². The summed E-state index contributed by atoms with van der Waals surface area (Å²) in [5.74, 6) is 1.58. The Bertz CT molecular complexity index is 441. The van der Waals surface area contributed by atoms with Gasteiger partial charge in [-0.1, -0.05) is 48.5 Å². The number of aliphatic hydroxyl groups is 1. The van der Waals surface area contributed by atoms with Crippen molar-refractivity contribution in [1.29, 1.82) is 0 Å². The van der Waals surface area contributed by atoms with E-state index in [4.69, 9.17) is 14.2 Å². The van der Waals surface area contributed by atoms with E-state index >= 15 is 0 Å². The average Bonchev–Trinajstić information content (AvgIpc) is 2.73. The second-order valence-electron chi connectivity index (χ2n) is 7.60. The normalized spacial score (nSPS) is 14.9. The van der Waals surface area contributed by atoms with Crippen molar-refractivity contribution >= 4 is 21.9 Å². The number of carbonyl (C=O) groups excluding carboxylic acids is 1. The van der Waals surface area contributed by atoms with Gasteiger partial charge >= 0.3 is 5.97 Å². The largest absolute Gasteiger partial charge is 0.498 e. The topological polar surface area (TPSA) is 65.0 Å². The van der Waals surface area contributed by atoms with Gasteiger partial charge in [0.05, 0.1) is 19.0 Å². The predicted molar refractivity (Wildman–Crippen MR) is 127 cm³/mol. The summed E-state index contributed by atoms with van der Waals surface area (Å²) in [6.07, 6.45) is 11.0. The molecule has 0 aliphatic rings. The van der Waals surface area contributed by atoms with Crippen LogP contribution in [0.15, 0.2) is 11.8 Å². The molecule has 3 unspecified atom stereocenters. The molecule has 0 heterocycles. The maximum absolute atomic E-state index is 11.5. The zero-order valence-electron chi connectivity index (χ0n) is 19.7. The number of unbranched alkanes of at least 4 members (excludes halogenated alkanes) is 3. The van der Waals surface area contributed by atoms with Crippen LogP contribution in [0.2, 0.25) is 0 Å². The van der Waals surface area contributed by atoms with E-state index in [1.165, 1.54) is 25.7 Å². The van der Waals surface area contributed by atoms with Crippen LogP contribution in [0, 0.1) is 11.8 Å². The second-order valence-corrected chi connectivity index (χ2v) is 8.40. The first-order valence-corrected chi connectivity index (χ1v) is 13.0. The molecule has 1 N–H and O–H groups in total. The molecular weight excluding hydrogens is 448 g/mol. The molecule has 5 nitrogen and oxygen atoms in total. The van der Waals surface area contributed by atoms with Crippen molar-refractivity contribution in [3.8, 4) is 0 Å². The van der Waals surface area contributed by atoms with Crippen LogP contribution >= 0.6 is 15.9 Å².